The Labute approximate surface area is 121 Å². The van der Waals surface area contributed by atoms with Gasteiger partial charge in [0.1, 0.15) is 13.2 Å². The lowest BCUT2D eigenvalue weighted by molar-refractivity contribution is 0.171. The average Bonchev–Trinajstić information content (AvgIpc) is 2.49. The Kier molecular flexibility index (Phi) is 4.03. The van der Waals surface area contributed by atoms with Crippen molar-refractivity contribution in [3.05, 3.63) is 36.2 Å². The molecule has 5 nitrogen and oxygen atoms in total. The Morgan fingerprint density at radius 3 is 2.60 bits per heavy atom. The van der Waals surface area contributed by atoms with Crippen LogP contribution in [-0.2, 0) is 6.42 Å². The first-order valence-corrected chi connectivity index (χ1v) is 7.25. The number of ether oxygens (including phenoxy) is 2. The van der Waals surface area contributed by atoms with Crippen molar-refractivity contribution in [2.45, 2.75) is 16.5 Å². The first-order chi connectivity index (χ1) is 9.85. The van der Waals surface area contributed by atoms with Crippen molar-refractivity contribution in [3.63, 3.8) is 0 Å². The molecule has 1 aromatic carbocycles. The van der Waals surface area contributed by atoms with E-state index in [-0.39, 0.29) is 0 Å². The smallest absolute Gasteiger partial charge is 0.192 e. The van der Waals surface area contributed by atoms with E-state index in [4.69, 9.17) is 15.2 Å². The summed E-state index contributed by atoms with van der Waals surface area (Å²) in [7, 11) is 0. The van der Waals surface area contributed by atoms with Crippen LogP contribution in [0.4, 0.5) is 0 Å². The third-order valence-corrected chi connectivity index (χ3v) is 3.72. The highest BCUT2D eigenvalue weighted by atomic mass is 32.2. The highest BCUT2D eigenvalue weighted by Gasteiger charge is 2.12. The number of aromatic nitrogens is 2. The van der Waals surface area contributed by atoms with E-state index in [1.807, 2.05) is 30.6 Å². The van der Waals surface area contributed by atoms with Gasteiger partial charge in [-0.2, -0.15) is 0 Å². The van der Waals surface area contributed by atoms with Gasteiger partial charge in [0, 0.05) is 17.3 Å². The number of benzene rings is 1. The monoisotopic (exact) mass is 289 g/mol. The van der Waals surface area contributed by atoms with Gasteiger partial charge in [-0.15, -0.1) is 0 Å². The van der Waals surface area contributed by atoms with Crippen LogP contribution < -0.4 is 15.2 Å². The Hall–Kier alpha value is -1.79. The zero-order valence-electron chi connectivity index (χ0n) is 10.9. The molecule has 0 spiro atoms. The van der Waals surface area contributed by atoms with E-state index < -0.39 is 0 Å². The molecule has 1 aromatic heterocycles. The minimum absolute atomic E-state index is 0.589. The molecule has 0 saturated carbocycles. The van der Waals surface area contributed by atoms with Crippen LogP contribution in [0.2, 0.25) is 0 Å². The van der Waals surface area contributed by atoms with Crippen LogP contribution >= 0.6 is 11.8 Å². The van der Waals surface area contributed by atoms with Gasteiger partial charge in [0.2, 0.25) is 0 Å². The van der Waals surface area contributed by atoms with Gasteiger partial charge in [0.05, 0.1) is 0 Å². The van der Waals surface area contributed by atoms with Gasteiger partial charge in [-0.3, -0.25) is 0 Å². The van der Waals surface area contributed by atoms with E-state index >= 15 is 0 Å². The maximum absolute atomic E-state index is 5.56. The molecule has 0 saturated heterocycles. The lowest BCUT2D eigenvalue weighted by Crippen LogP contribution is -2.15. The van der Waals surface area contributed by atoms with Crippen LogP contribution in [0.25, 0.3) is 0 Å². The predicted octanol–water partition coefficient (Wildman–Crippen LogP) is 1.90. The van der Waals surface area contributed by atoms with Crippen LogP contribution in [0.3, 0.4) is 0 Å². The molecule has 2 N–H and O–H groups in total. The predicted molar refractivity (Wildman–Crippen MR) is 76.3 cm³/mol. The maximum atomic E-state index is 5.56. The summed E-state index contributed by atoms with van der Waals surface area (Å²) in [6, 6.07) is 5.85. The Morgan fingerprint density at radius 1 is 1.10 bits per heavy atom. The third-order valence-electron chi connectivity index (χ3n) is 2.84. The molecule has 20 heavy (non-hydrogen) atoms. The Morgan fingerprint density at radius 2 is 1.85 bits per heavy atom. The molecular formula is C14H15N3O2S. The zero-order valence-corrected chi connectivity index (χ0v) is 11.7. The summed E-state index contributed by atoms with van der Waals surface area (Å²) in [4.78, 5) is 9.69. The lowest BCUT2D eigenvalue weighted by Gasteiger charge is -2.18. The molecule has 0 atom stereocenters. The topological polar surface area (TPSA) is 70.3 Å². The second-order valence-corrected chi connectivity index (χ2v) is 5.36. The van der Waals surface area contributed by atoms with Crippen molar-refractivity contribution in [1.82, 2.24) is 9.97 Å². The normalized spacial score (nSPS) is 13.2. The molecule has 2 aromatic rings. The summed E-state index contributed by atoms with van der Waals surface area (Å²) in [5, 5.41) is 0.711. The first-order valence-electron chi connectivity index (χ1n) is 6.43. The second kappa shape index (κ2) is 6.11. The summed E-state index contributed by atoms with van der Waals surface area (Å²) < 4.78 is 11.1. The molecule has 6 heteroatoms. The number of hydrogen-bond acceptors (Lipinski definition) is 6. The molecule has 0 bridgehead atoms. The lowest BCUT2D eigenvalue weighted by atomic mass is 10.2. The zero-order chi connectivity index (χ0) is 13.8. The van der Waals surface area contributed by atoms with E-state index in [0.29, 0.717) is 24.9 Å². The molecular weight excluding hydrogens is 274 g/mol. The Balaban J connectivity index is 1.73. The van der Waals surface area contributed by atoms with Gasteiger partial charge in [-0.25, -0.2) is 9.97 Å². The van der Waals surface area contributed by atoms with Crippen LogP contribution in [0.5, 0.6) is 11.5 Å². The molecule has 1 aliphatic rings. The SMILES string of the molecule is NCCc1cnc(Sc2ccc3c(c2)OCCO3)nc1. The molecule has 2 heterocycles. The average molecular weight is 289 g/mol. The van der Waals surface area contributed by atoms with Gasteiger partial charge in [-0.1, -0.05) is 0 Å². The fourth-order valence-electron chi connectivity index (χ4n) is 1.88. The number of hydrogen-bond donors (Lipinski definition) is 1. The largest absolute Gasteiger partial charge is 0.486 e. The maximum Gasteiger partial charge on any atom is 0.192 e. The molecule has 0 amide bonds. The molecule has 0 aliphatic carbocycles. The number of nitrogens with two attached hydrogens (primary N) is 1. The van der Waals surface area contributed by atoms with Gasteiger partial charge < -0.3 is 15.2 Å². The quantitative estimate of drug-likeness (QED) is 0.867. The van der Waals surface area contributed by atoms with Crippen molar-refractivity contribution >= 4 is 11.8 Å². The van der Waals surface area contributed by atoms with Crippen LogP contribution in [-0.4, -0.2) is 29.7 Å². The van der Waals surface area contributed by atoms with Crippen molar-refractivity contribution in [2.75, 3.05) is 19.8 Å². The van der Waals surface area contributed by atoms with Gasteiger partial charge in [-0.05, 0) is 48.5 Å². The minimum atomic E-state index is 0.589. The van der Waals surface area contributed by atoms with E-state index in [1.165, 1.54) is 11.8 Å². The molecule has 3 rings (SSSR count). The molecule has 1 aliphatic heterocycles. The third kappa shape index (κ3) is 3.02. The molecule has 104 valence electrons. The van der Waals surface area contributed by atoms with E-state index in [2.05, 4.69) is 9.97 Å². The van der Waals surface area contributed by atoms with Crippen molar-refractivity contribution < 1.29 is 9.47 Å². The van der Waals surface area contributed by atoms with Crippen LogP contribution in [0.1, 0.15) is 5.56 Å². The number of fused-ring (bicyclic) bond motifs is 1. The standard InChI is InChI=1S/C14H15N3O2S/c15-4-3-10-8-16-14(17-9-10)20-11-1-2-12-13(7-11)19-6-5-18-12/h1-2,7-9H,3-6,15H2. The van der Waals surface area contributed by atoms with E-state index in [1.54, 1.807) is 0 Å². The first kappa shape index (κ1) is 13.2. The summed E-state index contributed by atoms with van der Waals surface area (Å²) >= 11 is 1.50. The molecule has 0 unspecified atom stereocenters. The van der Waals surface area contributed by atoms with E-state index in [9.17, 15) is 0 Å². The Bertz CT molecular complexity index is 589. The summed E-state index contributed by atoms with van der Waals surface area (Å²) in [5.41, 5.74) is 6.56. The van der Waals surface area contributed by atoms with Gasteiger partial charge >= 0.3 is 0 Å². The van der Waals surface area contributed by atoms with Crippen LogP contribution in [0, 0.1) is 0 Å². The van der Waals surface area contributed by atoms with Crippen molar-refractivity contribution in [1.29, 1.82) is 0 Å². The summed E-state index contributed by atoms with van der Waals surface area (Å²) in [6.45, 7) is 1.80. The van der Waals surface area contributed by atoms with Gasteiger partial charge in [0.25, 0.3) is 0 Å². The highest BCUT2D eigenvalue weighted by Crippen LogP contribution is 2.35. The summed E-state index contributed by atoms with van der Waals surface area (Å²) in [6.07, 6.45) is 4.44. The van der Waals surface area contributed by atoms with Gasteiger partial charge in [0.15, 0.2) is 16.7 Å². The summed E-state index contributed by atoms with van der Waals surface area (Å²) in [5.74, 6) is 1.57. The fraction of sp³-hybridized carbons (Fsp3) is 0.286. The van der Waals surface area contributed by atoms with Crippen molar-refractivity contribution in [2.24, 2.45) is 5.73 Å². The second-order valence-electron chi connectivity index (χ2n) is 4.32. The number of rotatable bonds is 4. The minimum Gasteiger partial charge on any atom is -0.486 e. The number of nitrogens with zero attached hydrogens (tertiary/aromatic N) is 2. The van der Waals surface area contributed by atoms with Crippen molar-refractivity contribution in [3.8, 4) is 11.5 Å². The van der Waals surface area contributed by atoms with E-state index in [0.717, 1.165) is 28.4 Å². The highest BCUT2D eigenvalue weighted by molar-refractivity contribution is 7.99. The fourth-order valence-corrected chi connectivity index (χ4v) is 2.61. The molecule has 0 radical (unpaired) electrons. The van der Waals surface area contributed by atoms with Crippen LogP contribution in [0.15, 0.2) is 40.6 Å². The molecule has 0 fully saturated rings.